The zero-order valence-corrected chi connectivity index (χ0v) is 13.8. The fourth-order valence-electron chi connectivity index (χ4n) is 4.96. The highest BCUT2D eigenvalue weighted by Gasteiger charge is 2.57. The lowest BCUT2D eigenvalue weighted by Crippen LogP contribution is -2.51. The molecule has 1 N–H and O–H groups in total. The lowest BCUT2D eigenvalue weighted by Gasteiger charge is -2.47. The molecule has 128 valence electrons. The van der Waals surface area contributed by atoms with E-state index in [2.05, 4.69) is 17.1 Å². The van der Waals surface area contributed by atoms with Gasteiger partial charge in [-0.3, -0.25) is 4.90 Å². The Balaban J connectivity index is 1.77. The zero-order valence-electron chi connectivity index (χ0n) is 13.8. The summed E-state index contributed by atoms with van der Waals surface area (Å²) in [5.41, 5.74) is 1.79. The van der Waals surface area contributed by atoms with E-state index in [0.717, 1.165) is 30.5 Å². The van der Waals surface area contributed by atoms with Gasteiger partial charge in [-0.15, -0.1) is 0 Å². The molecule has 3 heterocycles. The number of nitrogens with zero attached hydrogens (tertiary/aromatic N) is 1. The van der Waals surface area contributed by atoms with Crippen molar-refractivity contribution in [2.24, 2.45) is 0 Å². The SMILES string of the molecule is COc1c2c(cc3c1[C@@H](O)N1CC[C@]34C=C[C@H](OC)C[C@@H]14)OCO2. The Morgan fingerprint density at radius 3 is 3.00 bits per heavy atom. The number of aliphatic hydroxyl groups is 1. The second-order valence-corrected chi connectivity index (χ2v) is 6.89. The summed E-state index contributed by atoms with van der Waals surface area (Å²) in [7, 11) is 3.35. The van der Waals surface area contributed by atoms with E-state index in [1.165, 1.54) is 0 Å². The fraction of sp³-hybridized carbons (Fsp3) is 0.556. The molecule has 0 saturated carbocycles. The van der Waals surface area contributed by atoms with Crippen molar-refractivity contribution >= 4 is 0 Å². The molecule has 24 heavy (non-hydrogen) atoms. The first kappa shape index (κ1) is 14.6. The third-order valence-corrected chi connectivity index (χ3v) is 6.08. The van der Waals surface area contributed by atoms with Crippen LogP contribution in [0.1, 0.15) is 30.2 Å². The van der Waals surface area contributed by atoms with Crippen molar-refractivity contribution in [3.05, 3.63) is 29.3 Å². The van der Waals surface area contributed by atoms with E-state index in [9.17, 15) is 5.11 Å². The Morgan fingerprint density at radius 1 is 1.33 bits per heavy atom. The molecule has 6 heteroatoms. The molecule has 0 radical (unpaired) electrons. The van der Waals surface area contributed by atoms with Gasteiger partial charge in [-0.2, -0.15) is 0 Å². The molecule has 4 aliphatic rings. The van der Waals surface area contributed by atoms with Gasteiger partial charge in [0.25, 0.3) is 0 Å². The summed E-state index contributed by atoms with van der Waals surface area (Å²) in [6, 6.07) is 2.26. The molecule has 6 nitrogen and oxygen atoms in total. The van der Waals surface area contributed by atoms with E-state index in [1.54, 1.807) is 14.2 Å². The molecule has 1 fully saturated rings. The largest absolute Gasteiger partial charge is 0.492 e. The topological polar surface area (TPSA) is 60.4 Å². The van der Waals surface area contributed by atoms with Crippen molar-refractivity contribution in [1.29, 1.82) is 0 Å². The van der Waals surface area contributed by atoms with Crippen molar-refractivity contribution in [3.8, 4) is 17.2 Å². The Bertz CT molecular complexity index is 733. The summed E-state index contributed by atoms with van der Waals surface area (Å²) in [4.78, 5) is 2.17. The quantitative estimate of drug-likeness (QED) is 0.833. The van der Waals surface area contributed by atoms with Crippen LogP contribution >= 0.6 is 0 Å². The van der Waals surface area contributed by atoms with Crippen LogP contribution in [0.2, 0.25) is 0 Å². The minimum Gasteiger partial charge on any atom is -0.492 e. The highest BCUT2D eigenvalue weighted by Crippen LogP contribution is 2.59. The Kier molecular flexibility index (Phi) is 2.96. The molecule has 2 bridgehead atoms. The molecule has 1 unspecified atom stereocenters. The van der Waals surface area contributed by atoms with Crippen LogP contribution in [0.4, 0.5) is 0 Å². The van der Waals surface area contributed by atoms with Crippen LogP contribution in [-0.4, -0.2) is 49.7 Å². The summed E-state index contributed by atoms with van der Waals surface area (Å²) in [5.74, 6) is 1.90. The van der Waals surface area contributed by atoms with E-state index in [1.807, 2.05) is 6.07 Å². The maximum absolute atomic E-state index is 11.1. The minimum absolute atomic E-state index is 0.0911. The molecular formula is C18H21NO5. The van der Waals surface area contributed by atoms with Crippen LogP contribution in [0, 0.1) is 0 Å². The van der Waals surface area contributed by atoms with Crippen molar-refractivity contribution in [2.45, 2.75) is 36.6 Å². The molecule has 1 aliphatic carbocycles. The molecule has 0 amide bonds. The highest BCUT2D eigenvalue weighted by atomic mass is 16.7. The van der Waals surface area contributed by atoms with Crippen LogP contribution in [0.15, 0.2) is 18.2 Å². The first-order valence-corrected chi connectivity index (χ1v) is 8.36. The average Bonchev–Trinajstić information content (AvgIpc) is 3.20. The van der Waals surface area contributed by atoms with E-state index in [4.69, 9.17) is 18.9 Å². The van der Waals surface area contributed by atoms with Crippen molar-refractivity contribution < 1.29 is 24.1 Å². The van der Waals surface area contributed by atoms with Crippen molar-refractivity contribution in [1.82, 2.24) is 4.90 Å². The number of hydrogen-bond donors (Lipinski definition) is 1. The Hall–Kier alpha value is -1.76. The molecular weight excluding hydrogens is 310 g/mol. The maximum Gasteiger partial charge on any atom is 0.231 e. The second-order valence-electron chi connectivity index (χ2n) is 6.89. The van der Waals surface area contributed by atoms with Crippen LogP contribution in [0.25, 0.3) is 0 Å². The Morgan fingerprint density at radius 2 is 2.21 bits per heavy atom. The fourth-order valence-corrected chi connectivity index (χ4v) is 4.96. The number of methoxy groups -OCH3 is 2. The lowest BCUT2D eigenvalue weighted by molar-refractivity contribution is -0.0413. The summed E-state index contributed by atoms with van der Waals surface area (Å²) >= 11 is 0. The second kappa shape index (κ2) is 4.88. The van der Waals surface area contributed by atoms with E-state index >= 15 is 0 Å². The summed E-state index contributed by atoms with van der Waals surface area (Å²) < 4.78 is 22.4. The number of hydrogen-bond acceptors (Lipinski definition) is 6. The molecule has 5 atom stereocenters. The monoisotopic (exact) mass is 331 g/mol. The molecule has 5 rings (SSSR count). The molecule has 3 aliphatic heterocycles. The molecule has 0 aromatic heterocycles. The van der Waals surface area contributed by atoms with Gasteiger partial charge in [0.05, 0.1) is 13.2 Å². The number of fused-ring (bicyclic) bond motifs is 2. The van der Waals surface area contributed by atoms with Crippen LogP contribution in [-0.2, 0) is 10.2 Å². The standard InChI is InChI=1S/C18H21NO5/c1-21-10-3-4-18-5-6-19(13(18)7-10)17(20)14-11(18)8-12-15(16(14)22-2)24-9-23-12/h3-4,8,10,13,17,20H,5-7,9H2,1-2H3/t10-,13+,17+,18+/m0/s1. The maximum atomic E-state index is 11.1. The smallest absolute Gasteiger partial charge is 0.231 e. The van der Waals surface area contributed by atoms with Gasteiger partial charge in [0.2, 0.25) is 12.5 Å². The van der Waals surface area contributed by atoms with Gasteiger partial charge in [-0.25, -0.2) is 0 Å². The predicted octanol–water partition coefficient (Wildman–Crippen LogP) is 1.72. The molecule has 1 aromatic rings. The highest BCUT2D eigenvalue weighted by molar-refractivity contribution is 5.65. The molecule has 1 aromatic carbocycles. The number of benzene rings is 1. The van der Waals surface area contributed by atoms with E-state index < -0.39 is 6.23 Å². The number of rotatable bonds is 2. The normalized spacial score (nSPS) is 38.0. The van der Waals surface area contributed by atoms with Gasteiger partial charge < -0.3 is 24.1 Å². The first-order chi connectivity index (χ1) is 11.7. The van der Waals surface area contributed by atoms with Gasteiger partial charge in [0.1, 0.15) is 6.23 Å². The summed E-state index contributed by atoms with van der Waals surface area (Å²) in [6.45, 7) is 1.03. The summed E-state index contributed by atoms with van der Waals surface area (Å²) in [6.07, 6.45) is 5.65. The van der Waals surface area contributed by atoms with Crippen LogP contribution in [0.5, 0.6) is 17.2 Å². The van der Waals surface area contributed by atoms with Crippen LogP contribution < -0.4 is 14.2 Å². The first-order valence-electron chi connectivity index (χ1n) is 8.36. The number of aliphatic hydroxyl groups excluding tert-OH is 1. The zero-order chi connectivity index (χ0) is 16.5. The van der Waals surface area contributed by atoms with Crippen molar-refractivity contribution in [2.75, 3.05) is 27.6 Å². The Labute approximate surface area is 140 Å². The molecule has 0 spiro atoms. The minimum atomic E-state index is -0.700. The third-order valence-electron chi connectivity index (χ3n) is 6.08. The predicted molar refractivity (Wildman–Crippen MR) is 85.4 cm³/mol. The third kappa shape index (κ3) is 1.61. The van der Waals surface area contributed by atoms with E-state index in [0.29, 0.717) is 17.2 Å². The lowest BCUT2D eigenvalue weighted by atomic mass is 9.66. The van der Waals surface area contributed by atoms with Gasteiger partial charge in [0.15, 0.2) is 11.5 Å². The van der Waals surface area contributed by atoms with Gasteiger partial charge in [0, 0.05) is 30.7 Å². The molecule has 1 saturated heterocycles. The summed E-state index contributed by atoms with van der Waals surface area (Å²) in [5, 5.41) is 11.1. The van der Waals surface area contributed by atoms with Gasteiger partial charge in [-0.1, -0.05) is 12.2 Å². The van der Waals surface area contributed by atoms with E-state index in [-0.39, 0.29) is 24.4 Å². The van der Waals surface area contributed by atoms with Gasteiger partial charge in [-0.05, 0) is 24.5 Å². The van der Waals surface area contributed by atoms with Gasteiger partial charge >= 0.3 is 0 Å². The average molecular weight is 331 g/mol. The number of ether oxygens (including phenoxy) is 4. The van der Waals surface area contributed by atoms with Crippen LogP contribution in [0.3, 0.4) is 0 Å². The van der Waals surface area contributed by atoms with Crippen molar-refractivity contribution in [3.63, 3.8) is 0 Å².